The summed E-state index contributed by atoms with van der Waals surface area (Å²) < 4.78 is 5.70. The molecule has 0 atom stereocenters. The molecule has 0 bridgehead atoms. The van der Waals surface area contributed by atoms with E-state index in [1.54, 1.807) is 7.11 Å². The molecule has 1 aliphatic heterocycles. The van der Waals surface area contributed by atoms with Gasteiger partial charge in [-0.1, -0.05) is 66.7 Å². The van der Waals surface area contributed by atoms with Crippen molar-refractivity contribution in [2.24, 2.45) is 0 Å². The van der Waals surface area contributed by atoms with Crippen molar-refractivity contribution in [2.45, 2.75) is 19.5 Å². The zero-order valence-electron chi connectivity index (χ0n) is 14.6. The summed E-state index contributed by atoms with van der Waals surface area (Å²) in [5.74, 6) is 0.964. The molecule has 0 unspecified atom stereocenters. The first-order valence-electron chi connectivity index (χ1n) is 8.85. The molecule has 1 heterocycles. The molecule has 0 fully saturated rings. The Labute approximate surface area is 149 Å². The molecule has 0 saturated carbocycles. The van der Waals surface area contributed by atoms with Crippen molar-refractivity contribution < 1.29 is 4.74 Å². The maximum absolute atomic E-state index is 5.70. The van der Waals surface area contributed by atoms with Crippen molar-refractivity contribution in [3.05, 3.63) is 89.5 Å². The molecular weight excluding hydrogens is 306 g/mol. The van der Waals surface area contributed by atoms with Crippen LogP contribution in [0.1, 0.15) is 16.7 Å². The quantitative estimate of drug-likeness (QED) is 0.673. The van der Waals surface area contributed by atoms with E-state index >= 15 is 0 Å². The zero-order chi connectivity index (χ0) is 17.1. The Kier molecular flexibility index (Phi) is 4.53. The molecule has 0 radical (unpaired) electrons. The Bertz CT molecular complexity index is 843. The molecule has 0 N–H and O–H groups in total. The summed E-state index contributed by atoms with van der Waals surface area (Å²) in [5, 5.41) is 0. The van der Waals surface area contributed by atoms with E-state index in [0.29, 0.717) is 0 Å². The van der Waals surface area contributed by atoms with Crippen molar-refractivity contribution in [1.82, 2.24) is 4.90 Å². The number of benzene rings is 3. The van der Waals surface area contributed by atoms with E-state index in [4.69, 9.17) is 4.74 Å². The Hall–Kier alpha value is -2.58. The van der Waals surface area contributed by atoms with Crippen LogP contribution in [-0.4, -0.2) is 18.6 Å². The molecule has 0 aromatic heterocycles. The summed E-state index contributed by atoms with van der Waals surface area (Å²) in [7, 11) is 1.76. The number of nitrogens with zero attached hydrogens (tertiary/aromatic N) is 1. The Morgan fingerprint density at radius 3 is 2.32 bits per heavy atom. The average molecular weight is 329 g/mol. The second kappa shape index (κ2) is 7.12. The summed E-state index contributed by atoms with van der Waals surface area (Å²) in [4.78, 5) is 2.53. The molecule has 0 aliphatic carbocycles. The highest BCUT2D eigenvalue weighted by atomic mass is 16.5. The lowest BCUT2D eigenvalue weighted by molar-refractivity contribution is 0.245. The molecule has 2 nitrogen and oxygen atoms in total. The van der Waals surface area contributed by atoms with E-state index in [1.165, 1.54) is 27.8 Å². The highest BCUT2D eigenvalue weighted by molar-refractivity contribution is 5.75. The van der Waals surface area contributed by atoms with Gasteiger partial charge in [-0.2, -0.15) is 0 Å². The lowest BCUT2D eigenvalue weighted by Crippen LogP contribution is -2.30. The highest BCUT2D eigenvalue weighted by Crippen LogP contribution is 2.38. The first-order chi connectivity index (χ1) is 12.3. The largest absolute Gasteiger partial charge is 0.496 e. The summed E-state index contributed by atoms with van der Waals surface area (Å²) in [6, 6.07) is 25.7. The SMILES string of the molecule is COc1ccc2c(c1-c1ccccc1)CN(Cc1ccccc1)CC2. The Morgan fingerprint density at radius 2 is 1.60 bits per heavy atom. The normalized spacial score (nSPS) is 14.1. The van der Waals surface area contributed by atoms with Crippen molar-refractivity contribution in [3.8, 4) is 16.9 Å². The van der Waals surface area contributed by atoms with E-state index in [2.05, 4.69) is 77.7 Å². The van der Waals surface area contributed by atoms with Crippen LogP contribution in [0.3, 0.4) is 0 Å². The summed E-state index contributed by atoms with van der Waals surface area (Å²) in [6.45, 7) is 3.06. The van der Waals surface area contributed by atoms with Crippen LogP contribution in [-0.2, 0) is 19.5 Å². The smallest absolute Gasteiger partial charge is 0.127 e. The number of fused-ring (bicyclic) bond motifs is 1. The first kappa shape index (κ1) is 15.9. The Morgan fingerprint density at radius 1 is 0.880 bits per heavy atom. The predicted molar refractivity (Wildman–Crippen MR) is 103 cm³/mol. The molecule has 0 amide bonds. The maximum Gasteiger partial charge on any atom is 0.127 e. The molecule has 0 saturated heterocycles. The van der Waals surface area contributed by atoms with Crippen LogP contribution in [0.5, 0.6) is 5.75 Å². The van der Waals surface area contributed by atoms with Gasteiger partial charge in [0.1, 0.15) is 5.75 Å². The first-order valence-corrected chi connectivity index (χ1v) is 8.85. The maximum atomic E-state index is 5.70. The van der Waals surface area contributed by atoms with Gasteiger partial charge in [-0.15, -0.1) is 0 Å². The third-order valence-corrected chi connectivity index (χ3v) is 4.98. The fraction of sp³-hybridized carbons (Fsp3) is 0.217. The molecule has 3 aromatic rings. The molecular formula is C23H23NO. The summed E-state index contributed by atoms with van der Waals surface area (Å²) in [5.41, 5.74) is 6.71. The van der Waals surface area contributed by atoms with Crippen molar-refractivity contribution >= 4 is 0 Å². The highest BCUT2D eigenvalue weighted by Gasteiger charge is 2.22. The number of rotatable bonds is 4. The van der Waals surface area contributed by atoms with Crippen LogP contribution in [0.15, 0.2) is 72.8 Å². The second-order valence-electron chi connectivity index (χ2n) is 6.59. The molecule has 1 aliphatic rings. The number of ether oxygens (including phenoxy) is 1. The lowest BCUT2D eigenvalue weighted by Gasteiger charge is -2.31. The van der Waals surface area contributed by atoms with Gasteiger partial charge >= 0.3 is 0 Å². The van der Waals surface area contributed by atoms with E-state index in [0.717, 1.165) is 31.8 Å². The van der Waals surface area contributed by atoms with Gasteiger partial charge in [0.25, 0.3) is 0 Å². The standard InChI is InChI=1S/C23H23NO/c1-25-22-13-12-19-14-15-24(16-18-8-4-2-5-9-18)17-21(19)23(22)20-10-6-3-7-11-20/h2-13H,14-17H2,1H3. The third-order valence-electron chi connectivity index (χ3n) is 4.98. The fourth-order valence-electron chi connectivity index (χ4n) is 3.73. The number of hydrogen-bond acceptors (Lipinski definition) is 2. The van der Waals surface area contributed by atoms with Gasteiger partial charge in [-0.3, -0.25) is 4.90 Å². The molecule has 0 spiro atoms. The van der Waals surface area contributed by atoms with E-state index in [-0.39, 0.29) is 0 Å². The monoisotopic (exact) mass is 329 g/mol. The number of methoxy groups -OCH3 is 1. The fourth-order valence-corrected chi connectivity index (χ4v) is 3.73. The van der Waals surface area contributed by atoms with Crippen LogP contribution in [0.25, 0.3) is 11.1 Å². The minimum atomic E-state index is 0.964. The van der Waals surface area contributed by atoms with Crippen LogP contribution in [0.2, 0.25) is 0 Å². The van der Waals surface area contributed by atoms with E-state index < -0.39 is 0 Å². The van der Waals surface area contributed by atoms with Gasteiger partial charge in [0.15, 0.2) is 0 Å². The van der Waals surface area contributed by atoms with Gasteiger partial charge in [0.2, 0.25) is 0 Å². The van der Waals surface area contributed by atoms with Crippen molar-refractivity contribution in [1.29, 1.82) is 0 Å². The van der Waals surface area contributed by atoms with Crippen LogP contribution in [0, 0.1) is 0 Å². The predicted octanol–water partition coefficient (Wildman–Crippen LogP) is 4.92. The van der Waals surface area contributed by atoms with Crippen LogP contribution < -0.4 is 4.74 Å². The van der Waals surface area contributed by atoms with Gasteiger partial charge < -0.3 is 4.74 Å². The minimum absolute atomic E-state index is 0.964. The minimum Gasteiger partial charge on any atom is -0.496 e. The van der Waals surface area contributed by atoms with Gasteiger partial charge in [0.05, 0.1) is 7.11 Å². The molecule has 2 heteroatoms. The van der Waals surface area contributed by atoms with Crippen LogP contribution in [0.4, 0.5) is 0 Å². The van der Waals surface area contributed by atoms with E-state index in [9.17, 15) is 0 Å². The lowest BCUT2D eigenvalue weighted by atomic mass is 9.90. The van der Waals surface area contributed by atoms with Gasteiger partial charge in [-0.05, 0) is 34.7 Å². The topological polar surface area (TPSA) is 12.5 Å². The molecule has 4 rings (SSSR count). The molecule has 3 aromatic carbocycles. The molecule has 126 valence electrons. The number of hydrogen-bond donors (Lipinski definition) is 0. The second-order valence-corrected chi connectivity index (χ2v) is 6.59. The molecule has 25 heavy (non-hydrogen) atoms. The third kappa shape index (κ3) is 3.31. The van der Waals surface area contributed by atoms with Gasteiger partial charge in [-0.25, -0.2) is 0 Å². The van der Waals surface area contributed by atoms with Crippen molar-refractivity contribution in [3.63, 3.8) is 0 Å². The average Bonchev–Trinajstić information content (AvgIpc) is 2.68. The van der Waals surface area contributed by atoms with Crippen molar-refractivity contribution in [2.75, 3.05) is 13.7 Å². The van der Waals surface area contributed by atoms with E-state index in [1.807, 2.05) is 0 Å². The summed E-state index contributed by atoms with van der Waals surface area (Å²) >= 11 is 0. The zero-order valence-corrected chi connectivity index (χ0v) is 14.6. The Balaban J connectivity index is 1.70. The summed E-state index contributed by atoms with van der Waals surface area (Å²) in [6.07, 6.45) is 1.09. The van der Waals surface area contributed by atoms with Crippen LogP contribution >= 0.6 is 0 Å². The van der Waals surface area contributed by atoms with Gasteiger partial charge in [0, 0.05) is 25.2 Å².